The lowest BCUT2D eigenvalue weighted by molar-refractivity contribution is -0.387. The molecule has 3 rings (SSSR count). The SMILES string of the molecule is O=C(C=Cc1ccc(F)c([N+](=O)[O-])c1)c1ccc2c(c1)OCCO2. The highest BCUT2D eigenvalue weighted by atomic mass is 19.1. The number of carbonyl (C=O) groups is 1. The second-order valence-corrected chi connectivity index (χ2v) is 5.02. The standard InChI is InChI=1S/C17H12FNO5/c18-13-4-1-11(9-14(13)19(21)22)2-5-15(20)12-3-6-16-17(10-12)24-8-7-23-16/h1-6,9-10H,7-8H2. The molecule has 1 heterocycles. The van der Waals surface area contributed by atoms with Gasteiger partial charge in [0.05, 0.1) is 4.92 Å². The lowest BCUT2D eigenvalue weighted by atomic mass is 10.1. The molecule has 6 nitrogen and oxygen atoms in total. The smallest absolute Gasteiger partial charge is 0.305 e. The molecular formula is C17H12FNO5. The number of nitrogens with zero attached hydrogens (tertiary/aromatic N) is 1. The van der Waals surface area contributed by atoms with Crippen LogP contribution in [0.1, 0.15) is 15.9 Å². The van der Waals surface area contributed by atoms with Crippen LogP contribution in [0.4, 0.5) is 10.1 Å². The molecule has 0 aliphatic carbocycles. The fourth-order valence-corrected chi connectivity index (χ4v) is 2.24. The first-order chi connectivity index (χ1) is 11.5. The fourth-order valence-electron chi connectivity index (χ4n) is 2.24. The largest absolute Gasteiger partial charge is 0.486 e. The molecule has 1 aliphatic rings. The number of halogens is 1. The number of nitro groups is 1. The lowest BCUT2D eigenvalue weighted by Gasteiger charge is -2.18. The van der Waals surface area contributed by atoms with E-state index < -0.39 is 16.4 Å². The van der Waals surface area contributed by atoms with Crippen molar-refractivity contribution in [3.05, 3.63) is 69.5 Å². The van der Waals surface area contributed by atoms with E-state index in [1.165, 1.54) is 18.2 Å². The van der Waals surface area contributed by atoms with Gasteiger partial charge in [-0.05, 0) is 35.9 Å². The Morgan fingerprint density at radius 1 is 1.12 bits per heavy atom. The highest BCUT2D eigenvalue weighted by Crippen LogP contribution is 2.31. The van der Waals surface area contributed by atoms with E-state index in [0.29, 0.717) is 35.8 Å². The van der Waals surface area contributed by atoms with Crippen LogP contribution in [0.2, 0.25) is 0 Å². The van der Waals surface area contributed by atoms with Gasteiger partial charge < -0.3 is 9.47 Å². The molecule has 0 fully saturated rings. The van der Waals surface area contributed by atoms with Crippen molar-refractivity contribution < 1.29 is 23.6 Å². The number of allylic oxidation sites excluding steroid dienone is 1. The number of carbonyl (C=O) groups excluding carboxylic acids is 1. The maximum atomic E-state index is 13.3. The number of ketones is 1. The summed E-state index contributed by atoms with van der Waals surface area (Å²) < 4.78 is 24.1. The molecule has 1 aliphatic heterocycles. The highest BCUT2D eigenvalue weighted by Gasteiger charge is 2.15. The zero-order valence-corrected chi connectivity index (χ0v) is 12.4. The zero-order chi connectivity index (χ0) is 17.1. The van der Waals surface area contributed by atoms with Crippen molar-refractivity contribution in [1.29, 1.82) is 0 Å². The summed E-state index contributed by atoms with van der Waals surface area (Å²) in [6, 6.07) is 8.26. The van der Waals surface area contributed by atoms with Gasteiger partial charge in [-0.2, -0.15) is 4.39 Å². The van der Waals surface area contributed by atoms with Crippen LogP contribution in [0.15, 0.2) is 42.5 Å². The summed E-state index contributed by atoms with van der Waals surface area (Å²) in [4.78, 5) is 22.1. The van der Waals surface area contributed by atoms with Gasteiger partial charge in [-0.15, -0.1) is 0 Å². The van der Waals surface area contributed by atoms with Gasteiger partial charge in [0.25, 0.3) is 0 Å². The van der Waals surface area contributed by atoms with E-state index >= 15 is 0 Å². The summed E-state index contributed by atoms with van der Waals surface area (Å²) in [5.74, 6) is -0.150. The Kier molecular flexibility index (Phi) is 4.24. The number of hydrogen-bond donors (Lipinski definition) is 0. The molecule has 0 saturated carbocycles. The molecule has 7 heteroatoms. The molecular weight excluding hydrogens is 317 g/mol. The topological polar surface area (TPSA) is 78.7 Å². The van der Waals surface area contributed by atoms with E-state index in [0.717, 1.165) is 12.1 Å². The second kappa shape index (κ2) is 6.49. The minimum atomic E-state index is -0.921. The third-order valence-electron chi connectivity index (χ3n) is 3.42. The van der Waals surface area contributed by atoms with Crippen molar-refractivity contribution in [3.8, 4) is 11.5 Å². The summed E-state index contributed by atoms with van der Waals surface area (Å²) in [6.45, 7) is 0.878. The summed E-state index contributed by atoms with van der Waals surface area (Å²) in [5.41, 5.74) is 0.116. The minimum absolute atomic E-state index is 0.307. The predicted octanol–water partition coefficient (Wildman–Crippen LogP) is 3.40. The van der Waals surface area contributed by atoms with Gasteiger partial charge in [0.15, 0.2) is 17.3 Å². The van der Waals surface area contributed by atoms with Gasteiger partial charge in [-0.1, -0.05) is 12.1 Å². The third kappa shape index (κ3) is 3.24. The zero-order valence-electron chi connectivity index (χ0n) is 12.4. The average molecular weight is 329 g/mol. The molecule has 122 valence electrons. The number of nitro benzene ring substituents is 1. The number of fused-ring (bicyclic) bond motifs is 1. The van der Waals surface area contributed by atoms with Crippen molar-refractivity contribution in [2.45, 2.75) is 0 Å². The Bertz CT molecular complexity index is 847. The Morgan fingerprint density at radius 2 is 1.88 bits per heavy atom. The maximum absolute atomic E-state index is 13.3. The number of benzene rings is 2. The quantitative estimate of drug-likeness (QED) is 0.372. The molecule has 0 saturated heterocycles. The summed E-state index contributed by atoms with van der Waals surface area (Å²) in [7, 11) is 0. The normalized spacial score (nSPS) is 13.0. The van der Waals surface area contributed by atoms with E-state index in [1.807, 2.05) is 0 Å². The fraction of sp³-hybridized carbons (Fsp3) is 0.118. The monoisotopic (exact) mass is 329 g/mol. The maximum Gasteiger partial charge on any atom is 0.305 e. The van der Waals surface area contributed by atoms with Gasteiger partial charge >= 0.3 is 5.69 Å². The van der Waals surface area contributed by atoms with Crippen molar-refractivity contribution >= 4 is 17.5 Å². The summed E-state index contributed by atoms with van der Waals surface area (Å²) >= 11 is 0. The first kappa shape index (κ1) is 15.7. The third-order valence-corrected chi connectivity index (χ3v) is 3.42. The van der Waals surface area contributed by atoms with Crippen LogP contribution >= 0.6 is 0 Å². The Balaban J connectivity index is 1.80. The molecule has 0 unspecified atom stereocenters. The van der Waals surface area contributed by atoms with E-state index in [-0.39, 0.29) is 5.78 Å². The summed E-state index contributed by atoms with van der Waals surface area (Å²) in [5, 5.41) is 10.7. The minimum Gasteiger partial charge on any atom is -0.486 e. The van der Waals surface area contributed by atoms with E-state index in [4.69, 9.17) is 9.47 Å². The van der Waals surface area contributed by atoms with Crippen molar-refractivity contribution in [2.24, 2.45) is 0 Å². The van der Waals surface area contributed by atoms with Crippen molar-refractivity contribution in [2.75, 3.05) is 13.2 Å². The highest BCUT2D eigenvalue weighted by molar-refractivity contribution is 6.07. The molecule has 2 aromatic rings. The lowest BCUT2D eigenvalue weighted by Crippen LogP contribution is -2.15. The first-order valence-corrected chi connectivity index (χ1v) is 7.10. The molecule has 0 aromatic heterocycles. The van der Waals surface area contributed by atoms with Crippen LogP contribution in [-0.2, 0) is 0 Å². The van der Waals surface area contributed by atoms with Gasteiger partial charge in [0, 0.05) is 11.6 Å². The Labute approximate surface area is 136 Å². The van der Waals surface area contributed by atoms with E-state index in [2.05, 4.69) is 0 Å². The molecule has 0 N–H and O–H groups in total. The van der Waals surface area contributed by atoms with Crippen LogP contribution in [0.25, 0.3) is 6.08 Å². The molecule has 0 amide bonds. The van der Waals surface area contributed by atoms with Crippen LogP contribution < -0.4 is 9.47 Å². The molecule has 0 spiro atoms. The van der Waals surface area contributed by atoms with Crippen molar-refractivity contribution in [3.63, 3.8) is 0 Å². The molecule has 24 heavy (non-hydrogen) atoms. The molecule has 0 atom stereocenters. The van der Waals surface area contributed by atoms with Crippen LogP contribution in [-0.4, -0.2) is 23.9 Å². The second-order valence-electron chi connectivity index (χ2n) is 5.02. The van der Waals surface area contributed by atoms with Gasteiger partial charge in [-0.3, -0.25) is 14.9 Å². The Morgan fingerprint density at radius 3 is 2.62 bits per heavy atom. The van der Waals surface area contributed by atoms with E-state index in [9.17, 15) is 19.3 Å². The molecule has 0 bridgehead atoms. The number of hydrogen-bond acceptors (Lipinski definition) is 5. The van der Waals surface area contributed by atoms with Crippen LogP contribution in [0.3, 0.4) is 0 Å². The number of ether oxygens (including phenoxy) is 2. The first-order valence-electron chi connectivity index (χ1n) is 7.10. The van der Waals surface area contributed by atoms with Gasteiger partial charge in [0.2, 0.25) is 5.82 Å². The van der Waals surface area contributed by atoms with Gasteiger partial charge in [-0.25, -0.2) is 0 Å². The van der Waals surface area contributed by atoms with Gasteiger partial charge in [0.1, 0.15) is 13.2 Å². The Hall–Kier alpha value is -3.22. The van der Waals surface area contributed by atoms with E-state index in [1.54, 1.807) is 18.2 Å². The molecule has 2 aromatic carbocycles. The number of rotatable bonds is 4. The van der Waals surface area contributed by atoms with Crippen molar-refractivity contribution in [1.82, 2.24) is 0 Å². The van der Waals surface area contributed by atoms with Crippen LogP contribution in [0.5, 0.6) is 11.5 Å². The average Bonchev–Trinajstić information content (AvgIpc) is 2.60. The predicted molar refractivity (Wildman–Crippen MR) is 83.9 cm³/mol. The van der Waals surface area contributed by atoms with Crippen LogP contribution in [0, 0.1) is 15.9 Å². The summed E-state index contributed by atoms with van der Waals surface area (Å²) in [6.07, 6.45) is 2.66. The molecule has 0 radical (unpaired) electrons.